The molecule has 0 amide bonds. The molecule has 5 nitrogen and oxygen atoms in total. The number of ether oxygens (including phenoxy) is 2. The van der Waals surface area contributed by atoms with Gasteiger partial charge in [0.1, 0.15) is 17.6 Å². The summed E-state index contributed by atoms with van der Waals surface area (Å²) in [6, 6.07) is 6.95. The molecular formula is C11H12N2O3. The third-order valence-corrected chi connectivity index (χ3v) is 2.02. The van der Waals surface area contributed by atoms with Crippen molar-refractivity contribution >= 4 is 5.71 Å². The van der Waals surface area contributed by atoms with E-state index in [9.17, 15) is 0 Å². The highest BCUT2D eigenvalue weighted by Crippen LogP contribution is 2.25. The van der Waals surface area contributed by atoms with E-state index < -0.39 is 0 Å². The normalized spacial score (nSPS) is 10.7. The Labute approximate surface area is 93.5 Å². The predicted octanol–water partition coefficient (Wildman–Crippen LogP) is 1.80. The summed E-state index contributed by atoms with van der Waals surface area (Å²) in [5.74, 6) is 1.07. The van der Waals surface area contributed by atoms with E-state index in [2.05, 4.69) is 5.16 Å². The van der Waals surface area contributed by atoms with Gasteiger partial charge in [-0.05, 0) is 19.1 Å². The monoisotopic (exact) mass is 220 g/mol. The largest absolute Gasteiger partial charge is 0.497 e. The van der Waals surface area contributed by atoms with Crippen LogP contribution >= 0.6 is 0 Å². The van der Waals surface area contributed by atoms with Gasteiger partial charge in [0.25, 0.3) is 0 Å². The minimum Gasteiger partial charge on any atom is -0.497 e. The molecule has 0 atom stereocenters. The Morgan fingerprint density at radius 3 is 2.88 bits per heavy atom. The number of rotatable bonds is 4. The summed E-state index contributed by atoms with van der Waals surface area (Å²) in [5, 5.41) is 20.3. The molecule has 1 aromatic rings. The second-order valence-electron chi connectivity index (χ2n) is 2.99. The Bertz CT molecular complexity index is 435. The van der Waals surface area contributed by atoms with E-state index in [0.717, 1.165) is 0 Å². The van der Waals surface area contributed by atoms with Crippen molar-refractivity contribution in [2.24, 2.45) is 5.16 Å². The number of methoxy groups -OCH3 is 1. The molecule has 1 aromatic carbocycles. The third kappa shape index (κ3) is 2.64. The second kappa shape index (κ2) is 5.61. The van der Waals surface area contributed by atoms with E-state index >= 15 is 0 Å². The van der Waals surface area contributed by atoms with Gasteiger partial charge in [0.2, 0.25) is 0 Å². The van der Waals surface area contributed by atoms with Crippen LogP contribution in [0.25, 0.3) is 0 Å². The molecule has 0 aliphatic rings. The minimum absolute atomic E-state index is 0.0706. The zero-order valence-corrected chi connectivity index (χ0v) is 9.10. The molecule has 84 valence electrons. The fourth-order valence-electron chi connectivity index (χ4n) is 1.21. The van der Waals surface area contributed by atoms with Crippen LogP contribution in [-0.2, 0) is 0 Å². The van der Waals surface area contributed by atoms with E-state index in [4.69, 9.17) is 19.9 Å². The van der Waals surface area contributed by atoms with Crippen LogP contribution in [0.2, 0.25) is 0 Å². The molecule has 0 spiro atoms. The van der Waals surface area contributed by atoms with Crippen molar-refractivity contribution < 1.29 is 14.7 Å². The van der Waals surface area contributed by atoms with Gasteiger partial charge < -0.3 is 14.7 Å². The maximum atomic E-state index is 8.70. The van der Waals surface area contributed by atoms with Crippen LogP contribution in [0, 0.1) is 11.3 Å². The zero-order chi connectivity index (χ0) is 12.0. The van der Waals surface area contributed by atoms with E-state index in [0.29, 0.717) is 22.8 Å². The molecular weight excluding hydrogens is 208 g/mol. The molecule has 0 saturated carbocycles. The minimum atomic E-state index is -0.0706. The lowest BCUT2D eigenvalue weighted by molar-refractivity contribution is 0.318. The Kier molecular flexibility index (Phi) is 4.16. The van der Waals surface area contributed by atoms with Crippen molar-refractivity contribution in [1.29, 1.82) is 5.26 Å². The third-order valence-electron chi connectivity index (χ3n) is 2.02. The summed E-state index contributed by atoms with van der Waals surface area (Å²) in [4.78, 5) is 0. The van der Waals surface area contributed by atoms with Gasteiger partial charge in [0.15, 0.2) is 6.61 Å². The van der Waals surface area contributed by atoms with Crippen molar-refractivity contribution in [2.75, 3.05) is 13.7 Å². The van der Waals surface area contributed by atoms with Crippen LogP contribution in [0.1, 0.15) is 12.5 Å². The van der Waals surface area contributed by atoms with Crippen molar-refractivity contribution in [3.05, 3.63) is 23.8 Å². The SMILES string of the molecule is COc1ccc(/C(C)=N/O)c(OCC#N)c1. The predicted molar refractivity (Wildman–Crippen MR) is 58.1 cm³/mol. The highest BCUT2D eigenvalue weighted by Gasteiger charge is 2.09. The Morgan fingerprint density at radius 1 is 1.56 bits per heavy atom. The van der Waals surface area contributed by atoms with Crippen LogP contribution in [0.4, 0.5) is 0 Å². The van der Waals surface area contributed by atoms with Crippen molar-refractivity contribution in [2.45, 2.75) is 6.92 Å². The summed E-state index contributed by atoms with van der Waals surface area (Å²) < 4.78 is 10.3. The lowest BCUT2D eigenvalue weighted by Gasteiger charge is -2.09. The Morgan fingerprint density at radius 2 is 2.31 bits per heavy atom. The summed E-state index contributed by atoms with van der Waals surface area (Å²) >= 11 is 0. The van der Waals surface area contributed by atoms with Crippen molar-refractivity contribution in [1.82, 2.24) is 0 Å². The van der Waals surface area contributed by atoms with E-state index in [1.807, 2.05) is 6.07 Å². The number of nitriles is 1. The van der Waals surface area contributed by atoms with Crippen LogP contribution in [-0.4, -0.2) is 24.6 Å². The molecule has 0 aromatic heterocycles. The smallest absolute Gasteiger partial charge is 0.174 e. The maximum Gasteiger partial charge on any atom is 0.174 e. The van der Waals surface area contributed by atoms with Gasteiger partial charge in [-0.3, -0.25) is 0 Å². The van der Waals surface area contributed by atoms with Crippen LogP contribution in [0.3, 0.4) is 0 Å². The highest BCUT2D eigenvalue weighted by atomic mass is 16.5. The summed E-state index contributed by atoms with van der Waals surface area (Å²) in [7, 11) is 1.54. The van der Waals surface area contributed by atoms with Crippen LogP contribution in [0.5, 0.6) is 11.5 Å². The number of oxime groups is 1. The highest BCUT2D eigenvalue weighted by molar-refractivity contribution is 6.00. The lowest BCUT2D eigenvalue weighted by Crippen LogP contribution is -2.02. The topological polar surface area (TPSA) is 74.8 Å². The number of hydrogen-bond donors (Lipinski definition) is 1. The van der Waals surface area contributed by atoms with Gasteiger partial charge >= 0.3 is 0 Å². The van der Waals surface area contributed by atoms with Crippen molar-refractivity contribution in [3.8, 4) is 17.6 Å². The number of hydrogen-bond acceptors (Lipinski definition) is 5. The summed E-state index contributed by atoms with van der Waals surface area (Å²) in [6.45, 7) is 1.57. The van der Waals surface area contributed by atoms with E-state index in [1.165, 1.54) is 7.11 Å². The van der Waals surface area contributed by atoms with Gasteiger partial charge in [0, 0.05) is 11.6 Å². The van der Waals surface area contributed by atoms with Gasteiger partial charge in [-0.25, -0.2) is 0 Å². The van der Waals surface area contributed by atoms with Gasteiger partial charge in [-0.1, -0.05) is 5.16 Å². The average Bonchev–Trinajstić information content (AvgIpc) is 2.34. The lowest BCUT2D eigenvalue weighted by atomic mass is 10.1. The second-order valence-corrected chi connectivity index (χ2v) is 2.99. The molecule has 5 heteroatoms. The Hall–Kier alpha value is -2.22. The van der Waals surface area contributed by atoms with Crippen LogP contribution in [0.15, 0.2) is 23.4 Å². The molecule has 0 unspecified atom stereocenters. The molecule has 0 saturated heterocycles. The number of nitrogens with zero attached hydrogens (tertiary/aromatic N) is 2. The molecule has 0 aliphatic carbocycles. The zero-order valence-electron chi connectivity index (χ0n) is 9.10. The quantitative estimate of drug-likeness (QED) is 0.477. The molecule has 1 N–H and O–H groups in total. The van der Waals surface area contributed by atoms with Gasteiger partial charge in [0.05, 0.1) is 12.8 Å². The van der Waals surface area contributed by atoms with E-state index in [1.54, 1.807) is 25.1 Å². The van der Waals surface area contributed by atoms with Gasteiger partial charge in [-0.15, -0.1) is 0 Å². The average molecular weight is 220 g/mol. The summed E-state index contributed by atoms with van der Waals surface area (Å²) in [5.41, 5.74) is 1.04. The van der Waals surface area contributed by atoms with E-state index in [-0.39, 0.29) is 6.61 Å². The first-order valence-corrected chi connectivity index (χ1v) is 4.59. The van der Waals surface area contributed by atoms with Crippen molar-refractivity contribution in [3.63, 3.8) is 0 Å². The standard InChI is InChI=1S/C11H12N2O3/c1-8(13-14)10-4-3-9(15-2)7-11(10)16-6-5-12/h3-4,7,14H,6H2,1-2H3/b13-8+. The summed E-state index contributed by atoms with van der Waals surface area (Å²) in [6.07, 6.45) is 0. The molecule has 1 rings (SSSR count). The molecule has 0 aliphatic heterocycles. The first kappa shape index (κ1) is 11.9. The fourth-order valence-corrected chi connectivity index (χ4v) is 1.21. The Balaban J connectivity index is 3.12. The van der Waals surface area contributed by atoms with Crippen LogP contribution < -0.4 is 9.47 Å². The molecule has 0 fully saturated rings. The molecule has 0 heterocycles. The molecule has 0 radical (unpaired) electrons. The fraction of sp³-hybridized carbons (Fsp3) is 0.273. The first-order valence-electron chi connectivity index (χ1n) is 4.59. The maximum absolute atomic E-state index is 8.70. The first-order chi connectivity index (χ1) is 7.72. The molecule has 0 bridgehead atoms. The van der Waals surface area contributed by atoms with Gasteiger partial charge in [-0.2, -0.15) is 5.26 Å². The number of benzene rings is 1. The molecule has 16 heavy (non-hydrogen) atoms.